The molecule has 0 radical (unpaired) electrons. The highest BCUT2D eigenvalue weighted by Gasteiger charge is 2.76. The normalized spacial score (nSPS) is 24.1. The Balaban J connectivity index is 0.000000231. The second-order valence-corrected chi connectivity index (χ2v) is 17.2. The van der Waals surface area contributed by atoms with Crippen molar-refractivity contribution in [1.82, 2.24) is 0 Å². The molecule has 7 rings (SSSR count). The van der Waals surface area contributed by atoms with Gasteiger partial charge in [0.25, 0.3) is 0 Å². The average Bonchev–Trinajstić information content (AvgIpc) is 3.04. The zero-order valence-electron chi connectivity index (χ0n) is 27.9. The Morgan fingerprint density at radius 3 is 1.54 bits per heavy atom. The lowest BCUT2D eigenvalue weighted by Gasteiger charge is -2.60. The summed E-state index contributed by atoms with van der Waals surface area (Å²) in [6.45, 7) is 4.80. The number of halogens is 6. The van der Waals surface area contributed by atoms with Gasteiger partial charge in [-0.15, -0.1) is 0 Å². The minimum absolute atomic E-state index is 0.0146. The highest BCUT2D eigenvalue weighted by Crippen LogP contribution is 2.64. The molecule has 0 aliphatic heterocycles. The standard InChI is InChI=1S/C19H22F6O7S.C18H15S/c1-10(2)13(26)31-16-6-11-3-12(7-16)5-15(4-11,8-16)14(27)32-17(18(20,21)22,19(23,24)25)9-33(28,29)30;1-4-10-16(11-5-1)19(17-12-6-2-7-13-17)18-14-8-3-9-15-18/h11-12H,1,3-9H2,2H3,(H,28,29,30);1-15H/q;+1/p-1. The van der Waals surface area contributed by atoms with Crippen molar-refractivity contribution in [2.75, 3.05) is 5.75 Å². The molecular formula is C37H36F6O7S2. The van der Waals surface area contributed by atoms with Gasteiger partial charge in [-0.05, 0) is 87.3 Å². The van der Waals surface area contributed by atoms with Gasteiger partial charge in [-0.2, -0.15) is 26.3 Å². The summed E-state index contributed by atoms with van der Waals surface area (Å²) >= 11 is 0. The molecule has 0 heterocycles. The van der Waals surface area contributed by atoms with E-state index in [-0.39, 0.29) is 60.4 Å². The first-order valence-corrected chi connectivity index (χ1v) is 19.1. The van der Waals surface area contributed by atoms with E-state index < -0.39 is 56.8 Å². The fraction of sp³-hybridized carbons (Fsp3) is 0.405. The Bertz CT molecular complexity index is 1740. The van der Waals surface area contributed by atoms with Crippen LogP contribution in [0.2, 0.25) is 0 Å². The van der Waals surface area contributed by atoms with Crippen LogP contribution in [0.15, 0.2) is 118 Å². The van der Waals surface area contributed by atoms with E-state index in [2.05, 4.69) is 102 Å². The molecule has 2 atom stereocenters. The van der Waals surface area contributed by atoms with Crippen LogP contribution in [-0.4, -0.2) is 54.2 Å². The number of hydrogen-bond acceptors (Lipinski definition) is 7. The van der Waals surface area contributed by atoms with Crippen molar-refractivity contribution in [1.29, 1.82) is 0 Å². The van der Waals surface area contributed by atoms with Crippen LogP contribution in [0.25, 0.3) is 0 Å². The Morgan fingerprint density at radius 2 is 1.19 bits per heavy atom. The number of alkyl halides is 6. The number of hydrogen-bond donors (Lipinski definition) is 0. The molecule has 0 spiro atoms. The van der Waals surface area contributed by atoms with Crippen molar-refractivity contribution in [3.63, 3.8) is 0 Å². The molecule has 2 unspecified atom stereocenters. The summed E-state index contributed by atoms with van der Waals surface area (Å²) in [6.07, 6.45) is -12.4. The quantitative estimate of drug-likeness (QED) is 0.0710. The van der Waals surface area contributed by atoms with Crippen LogP contribution in [0.4, 0.5) is 26.3 Å². The van der Waals surface area contributed by atoms with Gasteiger partial charge in [0.2, 0.25) is 0 Å². The van der Waals surface area contributed by atoms with Gasteiger partial charge < -0.3 is 14.0 Å². The minimum atomic E-state index is -6.44. The van der Waals surface area contributed by atoms with Gasteiger partial charge >= 0.3 is 29.9 Å². The monoisotopic (exact) mass is 770 g/mol. The number of rotatable bonds is 9. The summed E-state index contributed by atoms with van der Waals surface area (Å²) < 4.78 is 124. The van der Waals surface area contributed by atoms with Crippen molar-refractivity contribution in [3.8, 4) is 0 Å². The lowest BCUT2D eigenvalue weighted by molar-refractivity contribution is -0.364. The molecule has 4 saturated carbocycles. The van der Waals surface area contributed by atoms with Gasteiger partial charge in [0.05, 0.1) is 32.2 Å². The highest BCUT2D eigenvalue weighted by atomic mass is 32.2. The molecule has 0 amide bonds. The maximum Gasteiger partial charge on any atom is 0.438 e. The lowest BCUT2D eigenvalue weighted by Crippen LogP contribution is -2.66. The Labute approximate surface area is 300 Å². The van der Waals surface area contributed by atoms with E-state index in [4.69, 9.17) is 4.74 Å². The Kier molecular flexibility index (Phi) is 11.0. The molecule has 0 aromatic heterocycles. The van der Waals surface area contributed by atoms with Crippen LogP contribution in [-0.2, 0) is 40.1 Å². The van der Waals surface area contributed by atoms with E-state index in [9.17, 15) is 48.9 Å². The Morgan fingerprint density at radius 1 is 0.788 bits per heavy atom. The zero-order chi connectivity index (χ0) is 38.2. The van der Waals surface area contributed by atoms with Crippen LogP contribution < -0.4 is 0 Å². The van der Waals surface area contributed by atoms with E-state index in [0.29, 0.717) is 6.42 Å². The average molecular weight is 771 g/mol. The molecule has 7 nitrogen and oxygen atoms in total. The molecule has 4 fully saturated rings. The first-order chi connectivity index (χ1) is 24.2. The molecule has 4 aliphatic rings. The summed E-state index contributed by atoms with van der Waals surface area (Å²) in [6, 6.07) is 32.2. The third kappa shape index (κ3) is 8.36. The second kappa shape index (κ2) is 14.5. The fourth-order valence-electron chi connectivity index (χ4n) is 7.88. The molecule has 280 valence electrons. The summed E-state index contributed by atoms with van der Waals surface area (Å²) in [5.41, 5.74) is -8.64. The molecule has 0 N–H and O–H groups in total. The van der Waals surface area contributed by atoms with Crippen molar-refractivity contribution < 1.29 is 58.4 Å². The number of esters is 2. The maximum atomic E-state index is 13.6. The van der Waals surface area contributed by atoms with Crippen LogP contribution in [0, 0.1) is 17.3 Å². The van der Waals surface area contributed by atoms with Gasteiger partial charge in [0.15, 0.2) is 14.7 Å². The second-order valence-electron chi connectivity index (χ2n) is 13.8. The smallest absolute Gasteiger partial charge is 0.438 e. The highest BCUT2D eigenvalue weighted by molar-refractivity contribution is 7.97. The number of carbonyl (C=O) groups excluding carboxylic acids is 2. The lowest BCUT2D eigenvalue weighted by atomic mass is 9.48. The zero-order valence-corrected chi connectivity index (χ0v) is 29.5. The molecule has 52 heavy (non-hydrogen) atoms. The van der Waals surface area contributed by atoms with Gasteiger partial charge in [0, 0.05) is 12.0 Å². The van der Waals surface area contributed by atoms with Crippen molar-refractivity contribution in [3.05, 3.63) is 103 Å². The molecule has 3 aromatic carbocycles. The topological polar surface area (TPSA) is 110 Å². The summed E-state index contributed by atoms with van der Waals surface area (Å²) in [4.78, 5) is 29.2. The third-order valence-electron chi connectivity index (χ3n) is 9.60. The molecule has 4 bridgehead atoms. The minimum Gasteiger partial charge on any atom is -0.748 e. The van der Waals surface area contributed by atoms with Crippen molar-refractivity contribution in [2.45, 2.75) is 83.7 Å². The predicted molar refractivity (Wildman–Crippen MR) is 178 cm³/mol. The van der Waals surface area contributed by atoms with Crippen LogP contribution in [0.3, 0.4) is 0 Å². The summed E-state index contributed by atoms with van der Waals surface area (Å²) in [5, 5.41) is 0. The van der Waals surface area contributed by atoms with Gasteiger partial charge in [-0.1, -0.05) is 61.2 Å². The van der Waals surface area contributed by atoms with Crippen LogP contribution in [0.1, 0.15) is 45.4 Å². The predicted octanol–water partition coefficient (Wildman–Crippen LogP) is 8.18. The number of carbonyl (C=O) groups is 2. The SMILES string of the molecule is C=C(C)C(=O)OC12CC3CC(C1)CC(C(=O)OC(CS(=O)(=O)[O-])(C(F)(F)F)C(F)(F)F)(C3)C2.c1ccc([S+](c2ccccc2)c2ccccc2)cc1. The van der Waals surface area contributed by atoms with Gasteiger partial charge in [0.1, 0.15) is 5.60 Å². The fourth-order valence-corrected chi connectivity index (χ4v) is 10.9. The summed E-state index contributed by atoms with van der Waals surface area (Å²) in [5.74, 6) is -6.42. The van der Waals surface area contributed by atoms with Gasteiger partial charge in [-0.3, -0.25) is 4.79 Å². The molecular weight excluding hydrogens is 735 g/mol. The van der Waals surface area contributed by atoms with E-state index >= 15 is 0 Å². The maximum absolute atomic E-state index is 13.6. The molecule has 0 saturated heterocycles. The van der Waals surface area contributed by atoms with Crippen molar-refractivity contribution in [2.24, 2.45) is 17.3 Å². The molecule has 4 aliphatic carbocycles. The summed E-state index contributed by atoms with van der Waals surface area (Å²) in [7, 11) is -6.15. The molecule has 15 heteroatoms. The number of benzene rings is 3. The van der Waals surface area contributed by atoms with E-state index in [0.717, 1.165) is 0 Å². The van der Waals surface area contributed by atoms with E-state index in [1.807, 2.05) is 0 Å². The number of ether oxygens (including phenoxy) is 2. The third-order valence-corrected chi connectivity index (χ3v) is 12.6. The van der Waals surface area contributed by atoms with Crippen molar-refractivity contribution >= 4 is 33.0 Å². The van der Waals surface area contributed by atoms with Crippen LogP contribution >= 0.6 is 0 Å². The van der Waals surface area contributed by atoms with Gasteiger partial charge in [-0.25, -0.2) is 13.2 Å². The Hall–Kier alpha value is -3.82. The largest absolute Gasteiger partial charge is 0.748 e. The molecule has 3 aromatic rings. The first kappa shape index (κ1) is 39.4. The van der Waals surface area contributed by atoms with Crippen LogP contribution in [0.5, 0.6) is 0 Å². The van der Waals surface area contributed by atoms with E-state index in [1.54, 1.807) is 0 Å². The first-order valence-electron chi connectivity index (χ1n) is 16.3. The van der Waals surface area contributed by atoms with E-state index in [1.165, 1.54) is 21.6 Å².